The first-order valence-electron chi connectivity index (χ1n) is 9.32. The molecule has 0 unspecified atom stereocenters. The molecule has 1 saturated heterocycles. The molecule has 0 bridgehead atoms. The molecule has 0 radical (unpaired) electrons. The molecule has 2 aliphatic heterocycles. The summed E-state index contributed by atoms with van der Waals surface area (Å²) in [4.78, 5) is 14.6. The van der Waals surface area contributed by atoms with Crippen molar-refractivity contribution in [3.8, 4) is 23.7 Å². The molecule has 27 heavy (non-hydrogen) atoms. The van der Waals surface area contributed by atoms with E-state index in [4.69, 9.17) is 4.74 Å². The number of rotatable bonds is 2. The Morgan fingerprint density at radius 2 is 1.67 bits per heavy atom. The zero-order chi connectivity index (χ0) is 18.5. The number of hydrogen-bond acceptors (Lipinski definition) is 2. The summed E-state index contributed by atoms with van der Waals surface area (Å²) >= 11 is 0. The monoisotopic (exact) mass is 355 g/mol. The van der Waals surface area contributed by atoms with E-state index in [9.17, 15) is 4.79 Å². The molecule has 3 heteroatoms. The molecule has 2 atom stereocenters. The smallest absolute Gasteiger partial charge is 0.230 e. The predicted molar refractivity (Wildman–Crippen MR) is 105 cm³/mol. The quantitative estimate of drug-likeness (QED) is 0.611. The van der Waals surface area contributed by atoms with Gasteiger partial charge >= 0.3 is 0 Å². The molecule has 2 aromatic rings. The van der Waals surface area contributed by atoms with Crippen LogP contribution in [0.15, 0.2) is 54.6 Å². The van der Waals surface area contributed by atoms with Crippen LogP contribution in [0.3, 0.4) is 0 Å². The Morgan fingerprint density at radius 3 is 2.44 bits per heavy atom. The number of benzene rings is 2. The summed E-state index contributed by atoms with van der Waals surface area (Å²) in [7, 11) is 0. The number of likely N-dealkylation sites (tertiary alicyclic amines) is 1. The van der Waals surface area contributed by atoms with Crippen molar-refractivity contribution in [3.05, 3.63) is 71.3 Å². The number of ether oxygens (including phenoxy) is 1. The Kier molecular flexibility index (Phi) is 5.24. The third kappa shape index (κ3) is 3.90. The van der Waals surface area contributed by atoms with E-state index in [1.54, 1.807) is 0 Å². The summed E-state index contributed by atoms with van der Waals surface area (Å²) in [5.41, 5.74) is 3.03. The minimum absolute atomic E-state index is 0.0829. The van der Waals surface area contributed by atoms with E-state index in [-0.39, 0.29) is 17.9 Å². The molecule has 2 heterocycles. The largest absolute Gasteiger partial charge is 0.368 e. The lowest BCUT2D eigenvalue weighted by atomic mass is 9.84. The van der Waals surface area contributed by atoms with Crippen molar-refractivity contribution in [2.75, 3.05) is 13.2 Å². The minimum atomic E-state index is -0.0829. The van der Waals surface area contributed by atoms with Crippen LogP contribution >= 0.6 is 0 Å². The maximum absolute atomic E-state index is 12.6. The standard InChI is InChI=1S/C24H21NO2/c26-24-22-18-27-16-8-14-21-12-5-4-11-20(21)13-6-7-15-23(22)25(24)17-19-9-2-1-3-10-19/h1-5,9-12,22-23H,7,15-18H2/t22-,23+/m0/s1. The fraction of sp³-hybridized carbons (Fsp3) is 0.292. The van der Waals surface area contributed by atoms with Crippen LogP contribution in [0.4, 0.5) is 0 Å². The van der Waals surface area contributed by atoms with E-state index < -0.39 is 0 Å². The van der Waals surface area contributed by atoms with E-state index in [2.05, 4.69) is 35.8 Å². The molecule has 0 aromatic heterocycles. The summed E-state index contributed by atoms with van der Waals surface area (Å²) in [6.07, 6.45) is 1.62. The van der Waals surface area contributed by atoms with Gasteiger partial charge in [-0.3, -0.25) is 4.79 Å². The summed E-state index contributed by atoms with van der Waals surface area (Å²) in [5.74, 6) is 12.8. The third-order valence-electron chi connectivity index (χ3n) is 5.07. The number of fused-ring (bicyclic) bond motifs is 2. The first-order valence-corrected chi connectivity index (χ1v) is 9.32. The first-order chi connectivity index (χ1) is 13.3. The zero-order valence-electron chi connectivity index (χ0n) is 15.2. The Labute approximate surface area is 160 Å². The molecule has 0 spiro atoms. The van der Waals surface area contributed by atoms with Crippen LogP contribution in [-0.4, -0.2) is 30.1 Å². The van der Waals surface area contributed by atoms with Crippen molar-refractivity contribution in [1.29, 1.82) is 0 Å². The molecular weight excluding hydrogens is 334 g/mol. The van der Waals surface area contributed by atoms with Crippen LogP contribution in [0.1, 0.15) is 29.5 Å². The fourth-order valence-corrected chi connectivity index (χ4v) is 3.64. The van der Waals surface area contributed by atoms with Crippen LogP contribution in [-0.2, 0) is 16.1 Å². The van der Waals surface area contributed by atoms with Crippen molar-refractivity contribution in [2.24, 2.45) is 5.92 Å². The number of amides is 1. The van der Waals surface area contributed by atoms with Crippen LogP contribution in [0.25, 0.3) is 0 Å². The van der Waals surface area contributed by atoms with Gasteiger partial charge in [0.15, 0.2) is 0 Å². The lowest BCUT2D eigenvalue weighted by Gasteiger charge is -2.47. The SMILES string of the molecule is O=C1[C@H]2COCC#Cc3ccccc3C#CCC[C@H]2N1Cc1ccccc1. The molecule has 134 valence electrons. The van der Waals surface area contributed by atoms with Crippen molar-refractivity contribution < 1.29 is 9.53 Å². The molecule has 0 saturated carbocycles. The predicted octanol–water partition coefficient (Wildman–Crippen LogP) is 3.23. The summed E-state index contributed by atoms with van der Waals surface area (Å²) in [5, 5.41) is 0. The molecule has 1 fully saturated rings. The van der Waals surface area contributed by atoms with Gasteiger partial charge in [0, 0.05) is 30.1 Å². The Hall–Kier alpha value is -3.01. The second kappa shape index (κ2) is 8.12. The van der Waals surface area contributed by atoms with Gasteiger partial charge < -0.3 is 9.64 Å². The van der Waals surface area contributed by atoms with E-state index in [1.165, 1.54) is 0 Å². The van der Waals surface area contributed by atoms with Gasteiger partial charge in [0.2, 0.25) is 5.91 Å². The highest BCUT2D eigenvalue weighted by Gasteiger charge is 2.46. The van der Waals surface area contributed by atoms with Gasteiger partial charge in [-0.25, -0.2) is 0 Å². The van der Waals surface area contributed by atoms with Gasteiger partial charge in [-0.2, -0.15) is 0 Å². The highest BCUT2D eigenvalue weighted by molar-refractivity contribution is 5.86. The third-order valence-corrected chi connectivity index (χ3v) is 5.07. The second-order valence-electron chi connectivity index (χ2n) is 6.83. The lowest BCUT2D eigenvalue weighted by Crippen LogP contribution is -2.61. The first kappa shape index (κ1) is 17.4. The van der Waals surface area contributed by atoms with Crippen molar-refractivity contribution in [1.82, 2.24) is 4.90 Å². The summed E-state index contributed by atoms with van der Waals surface area (Å²) in [6, 6.07) is 18.2. The van der Waals surface area contributed by atoms with Crippen molar-refractivity contribution in [2.45, 2.75) is 25.4 Å². The molecular formula is C24H21NO2. The highest BCUT2D eigenvalue weighted by Crippen LogP contribution is 2.32. The van der Waals surface area contributed by atoms with E-state index >= 15 is 0 Å². The average molecular weight is 355 g/mol. The van der Waals surface area contributed by atoms with Gasteiger partial charge in [-0.1, -0.05) is 66.1 Å². The molecule has 4 rings (SSSR count). The average Bonchev–Trinajstić information content (AvgIpc) is 2.72. The number of nitrogens with zero attached hydrogens (tertiary/aromatic N) is 1. The second-order valence-corrected chi connectivity index (χ2v) is 6.83. The highest BCUT2D eigenvalue weighted by atomic mass is 16.5. The molecule has 2 aromatic carbocycles. The topological polar surface area (TPSA) is 29.5 Å². The molecule has 3 nitrogen and oxygen atoms in total. The number of hydrogen-bond donors (Lipinski definition) is 0. The summed E-state index contributed by atoms with van der Waals surface area (Å²) < 4.78 is 5.70. The Balaban J connectivity index is 1.52. The van der Waals surface area contributed by atoms with Crippen LogP contribution < -0.4 is 0 Å². The molecule has 0 aliphatic carbocycles. The van der Waals surface area contributed by atoms with Crippen LogP contribution in [0, 0.1) is 29.6 Å². The van der Waals surface area contributed by atoms with Gasteiger partial charge in [0.25, 0.3) is 0 Å². The number of carbonyl (C=O) groups is 1. The van der Waals surface area contributed by atoms with Gasteiger partial charge in [0.05, 0.1) is 12.5 Å². The molecule has 0 N–H and O–H groups in total. The maximum atomic E-state index is 12.6. The Bertz CT molecular complexity index is 943. The van der Waals surface area contributed by atoms with Gasteiger partial charge in [-0.05, 0) is 24.1 Å². The normalized spacial score (nSPS) is 21.5. The maximum Gasteiger partial charge on any atom is 0.230 e. The van der Waals surface area contributed by atoms with Gasteiger partial charge in [0.1, 0.15) is 6.61 Å². The lowest BCUT2D eigenvalue weighted by molar-refractivity contribution is -0.162. The number of carbonyl (C=O) groups excluding carboxylic acids is 1. The number of β-lactam (4-membered cyclic amide) rings is 1. The van der Waals surface area contributed by atoms with Crippen LogP contribution in [0.5, 0.6) is 0 Å². The van der Waals surface area contributed by atoms with E-state index in [0.717, 1.165) is 29.5 Å². The Morgan fingerprint density at radius 1 is 0.963 bits per heavy atom. The van der Waals surface area contributed by atoms with Crippen molar-refractivity contribution >= 4 is 5.91 Å². The van der Waals surface area contributed by atoms with Crippen molar-refractivity contribution in [3.63, 3.8) is 0 Å². The minimum Gasteiger partial charge on any atom is -0.368 e. The van der Waals surface area contributed by atoms with E-state index in [0.29, 0.717) is 19.8 Å². The van der Waals surface area contributed by atoms with Gasteiger partial charge in [-0.15, -0.1) is 0 Å². The fourth-order valence-electron chi connectivity index (χ4n) is 3.64. The zero-order valence-corrected chi connectivity index (χ0v) is 15.2. The van der Waals surface area contributed by atoms with Crippen LogP contribution in [0.2, 0.25) is 0 Å². The molecule has 1 amide bonds. The molecule has 2 aliphatic rings. The summed E-state index contributed by atoms with van der Waals surface area (Å²) in [6.45, 7) is 1.41. The van der Waals surface area contributed by atoms with E-state index in [1.807, 2.05) is 47.4 Å².